The molecule has 0 atom stereocenters. The average molecular weight is 569 g/mol. The second-order valence-corrected chi connectivity index (χ2v) is 9.52. The van der Waals surface area contributed by atoms with Gasteiger partial charge in [-0.15, -0.1) is 0 Å². The predicted molar refractivity (Wildman–Crippen MR) is 166 cm³/mol. The monoisotopic (exact) mass is 568 g/mol. The quantitative estimate of drug-likeness (QED) is 0.151. The van der Waals surface area contributed by atoms with Crippen molar-refractivity contribution in [2.75, 3.05) is 10.6 Å². The molecule has 0 bridgehead atoms. The molecule has 0 spiro atoms. The average Bonchev–Trinajstić information content (AvgIpc) is 3.00. The van der Waals surface area contributed by atoms with Crippen molar-refractivity contribution < 1.29 is 19.2 Å². The van der Waals surface area contributed by atoms with Gasteiger partial charge in [0.2, 0.25) is 11.8 Å². The summed E-state index contributed by atoms with van der Waals surface area (Å²) in [5.74, 6) is -0.844. The van der Waals surface area contributed by atoms with Crippen LogP contribution in [0, 0.1) is 0 Å². The highest BCUT2D eigenvalue weighted by atomic mass is 16.2. The lowest BCUT2D eigenvalue weighted by Crippen LogP contribution is -2.18. The van der Waals surface area contributed by atoms with Gasteiger partial charge in [-0.3, -0.25) is 19.2 Å². The topological polar surface area (TPSA) is 141 Å². The molecule has 4 N–H and O–H groups in total. The maximum atomic E-state index is 12.4. The van der Waals surface area contributed by atoms with E-state index < -0.39 is 0 Å². The van der Waals surface area contributed by atoms with Gasteiger partial charge in [0, 0.05) is 35.3 Å². The number of hydrazone groups is 2. The Balaban J connectivity index is 1.43. The van der Waals surface area contributed by atoms with Crippen molar-refractivity contribution in [2.45, 2.75) is 52.4 Å². The molecular weight excluding hydrogens is 532 g/mol. The number of anilines is 2. The maximum absolute atomic E-state index is 12.4. The molecule has 0 aliphatic heterocycles. The number of rotatable bonds is 14. The van der Waals surface area contributed by atoms with E-state index in [2.05, 4.69) is 31.7 Å². The Morgan fingerprint density at radius 2 is 0.929 bits per heavy atom. The van der Waals surface area contributed by atoms with Gasteiger partial charge < -0.3 is 10.6 Å². The molecular formula is C32H36N6O4. The molecule has 0 saturated heterocycles. The van der Waals surface area contributed by atoms with E-state index >= 15 is 0 Å². The number of unbranched alkanes of at least 4 members (excludes halogenated alkanes) is 2. The first-order chi connectivity index (χ1) is 20.4. The lowest BCUT2D eigenvalue weighted by molar-refractivity contribution is -0.117. The third kappa shape index (κ3) is 10.8. The van der Waals surface area contributed by atoms with Crippen LogP contribution in [0.15, 0.2) is 83.0 Å². The molecule has 10 nitrogen and oxygen atoms in total. The Bertz CT molecular complexity index is 1290. The lowest BCUT2D eigenvalue weighted by atomic mass is 10.1. The van der Waals surface area contributed by atoms with Crippen LogP contribution in [0.25, 0.3) is 0 Å². The maximum Gasteiger partial charge on any atom is 0.271 e. The fourth-order valence-electron chi connectivity index (χ4n) is 3.66. The van der Waals surface area contributed by atoms with E-state index in [-0.39, 0.29) is 23.6 Å². The highest BCUT2D eigenvalue weighted by Gasteiger charge is 2.07. The molecule has 4 amide bonds. The number of nitrogens with one attached hydrogen (secondary N) is 4. The van der Waals surface area contributed by atoms with E-state index in [1.54, 1.807) is 72.8 Å². The standard InChI is InChI=1S/C32H36N6O4/c1-3-5-7-29(39)35-27-17-13-25(14-18-27)31(41)37-33-21-23-9-11-24(12-10-23)22-34-38-32(42)26-15-19-28(20-16-26)36-30(40)8-6-4-2/h9-22H,3-8H2,1-2H3,(H,35,39)(H,36,40)(H,37,41)(H,38,42). The number of carbonyl (C=O) groups excluding carboxylic acids is 4. The van der Waals surface area contributed by atoms with E-state index in [9.17, 15) is 19.2 Å². The molecule has 42 heavy (non-hydrogen) atoms. The normalized spacial score (nSPS) is 10.9. The van der Waals surface area contributed by atoms with E-state index in [0.29, 0.717) is 35.3 Å². The number of benzene rings is 3. The number of carbonyl (C=O) groups is 4. The Morgan fingerprint density at radius 1 is 0.571 bits per heavy atom. The molecule has 0 unspecified atom stereocenters. The Hall–Kier alpha value is -5.12. The molecule has 0 aromatic heterocycles. The summed E-state index contributed by atoms with van der Waals surface area (Å²) in [7, 11) is 0. The van der Waals surface area contributed by atoms with Crippen LogP contribution in [0.4, 0.5) is 11.4 Å². The minimum absolute atomic E-state index is 0.0481. The molecule has 3 aromatic carbocycles. The summed E-state index contributed by atoms with van der Waals surface area (Å²) in [6, 6.07) is 20.4. The van der Waals surface area contributed by atoms with Gasteiger partial charge in [-0.05, 0) is 72.5 Å². The number of hydrogen-bond donors (Lipinski definition) is 4. The summed E-state index contributed by atoms with van der Waals surface area (Å²) < 4.78 is 0. The summed E-state index contributed by atoms with van der Waals surface area (Å²) in [5, 5.41) is 13.6. The van der Waals surface area contributed by atoms with Crippen molar-refractivity contribution in [3.63, 3.8) is 0 Å². The van der Waals surface area contributed by atoms with Crippen molar-refractivity contribution in [1.82, 2.24) is 10.9 Å². The molecule has 0 aliphatic rings. The third-order valence-corrected chi connectivity index (χ3v) is 6.07. The van der Waals surface area contributed by atoms with Crippen LogP contribution in [-0.2, 0) is 9.59 Å². The van der Waals surface area contributed by atoms with Crippen molar-refractivity contribution in [3.8, 4) is 0 Å². The summed E-state index contributed by atoms with van der Waals surface area (Å²) in [5.41, 5.74) is 8.57. The van der Waals surface area contributed by atoms with E-state index in [0.717, 1.165) is 36.8 Å². The highest BCUT2D eigenvalue weighted by molar-refractivity contribution is 5.97. The van der Waals surface area contributed by atoms with Gasteiger partial charge in [0.05, 0.1) is 12.4 Å². The molecule has 10 heteroatoms. The van der Waals surface area contributed by atoms with Crippen LogP contribution in [-0.4, -0.2) is 36.1 Å². The second kappa shape index (κ2) is 16.9. The van der Waals surface area contributed by atoms with E-state index in [4.69, 9.17) is 0 Å². The molecule has 3 aromatic rings. The van der Waals surface area contributed by atoms with Gasteiger partial charge in [0.15, 0.2) is 0 Å². The van der Waals surface area contributed by atoms with Gasteiger partial charge in [0.1, 0.15) is 0 Å². The molecule has 3 rings (SSSR count). The zero-order valence-electron chi connectivity index (χ0n) is 23.9. The fourth-order valence-corrected chi connectivity index (χ4v) is 3.66. The first kappa shape index (κ1) is 31.4. The molecule has 218 valence electrons. The Kier molecular flexibility index (Phi) is 12.6. The molecule has 0 aliphatic carbocycles. The lowest BCUT2D eigenvalue weighted by Gasteiger charge is -2.06. The van der Waals surface area contributed by atoms with Crippen molar-refractivity contribution in [2.24, 2.45) is 10.2 Å². The van der Waals surface area contributed by atoms with Crippen LogP contribution in [0.2, 0.25) is 0 Å². The third-order valence-electron chi connectivity index (χ3n) is 6.07. The van der Waals surface area contributed by atoms with Crippen LogP contribution < -0.4 is 21.5 Å². The number of amides is 4. The largest absolute Gasteiger partial charge is 0.326 e. The SMILES string of the molecule is CCCCC(=O)Nc1ccc(C(=O)NN=Cc2ccc(C=NNC(=O)c3ccc(NC(=O)CCCC)cc3)cc2)cc1. The van der Waals surface area contributed by atoms with E-state index in [1.807, 2.05) is 13.8 Å². The molecule has 0 saturated carbocycles. The first-order valence-electron chi connectivity index (χ1n) is 13.9. The van der Waals surface area contributed by atoms with Crippen LogP contribution in [0.5, 0.6) is 0 Å². The Labute approximate surface area is 245 Å². The minimum atomic E-state index is -0.374. The van der Waals surface area contributed by atoms with Crippen LogP contribution in [0.3, 0.4) is 0 Å². The minimum Gasteiger partial charge on any atom is -0.326 e. The van der Waals surface area contributed by atoms with Crippen molar-refractivity contribution in [1.29, 1.82) is 0 Å². The summed E-state index contributed by atoms with van der Waals surface area (Å²) >= 11 is 0. The van der Waals surface area contributed by atoms with Gasteiger partial charge in [-0.1, -0.05) is 51.0 Å². The summed E-state index contributed by atoms with van der Waals surface area (Å²) in [4.78, 5) is 48.4. The van der Waals surface area contributed by atoms with Crippen LogP contribution >= 0.6 is 0 Å². The first-order valence-corrected chi connectivity index (χ1v) is 13.9. The van der Waals surface area contributed by atoms with Crippen LogP contribution in [0.1, 0.15) is 84.2 Å². The zero-order chi connectivity index (χ0) is 30.2. The summed E-state index contributed by atoms with van der Waals surface area (Å²) in [6.07, 6.45) is 7.52. The second-order valence-electron chi connectivity index (χ2n) is 9.52. The summed E-state index contributed by atoms with van der Waals surface area (Å²) in [6.45, 7) is 4.06. The molecule has 0 heterocycles. The van der Waals surface area contributed by atoms with Gasteiger partial charge in [-0.2, -0.15) is 10.2 Å². The van der Waals surface area contributed by atoms with Crippen molar-refractivity contribution in [3.05, 3.63) is 95.1 Å². The zero-order valence-corrected chi connectivity index (χ0v) is 23.9. The molecule has 0 fully saturated rings. The number of hydrogen-bond acceptors (Lipinski definition) is 6. The predicted octanol–water partition coefficient (Wildman–Crippen LogP) is 5.47. The highest BCUT2D eigenvalue weighted by Crippen LogP contribution is 2.12. The van der Waals surface area contributed by atoms with E-state index in [1.165, 1.54) is 12.4 Å². The number of nitrogens with zero attached hydrogens (tertiary/aromatic N) is 2. The smallest absolute Gasteiger partial charge is 0.271 e. The van der Waals surface area contributed by atoms with Gasteiger partial charge in [0.25, 0.3) is 11.8 Å². The Morgan fingerprint density at radius 3 is 1.26 bits per heavy atom. The van der Waals surface area contributed by atoms with Gasteiger partial charge >= 0.3 is 0 Å². The van der Waals surface area contributed by atoms with Gasteiger partial charge in [-0.25, -0.2) is 10.9 Å². The fraction of sp³-hybridized carbons (Fsp3) is 0.250. The van der Waals surface area contributed by atoms with Crippen molar-refractivity contribution >= 4 is 47.4 Å². The molecule has 0 radical (unpaired) electrons.